The van der Waals surface area contributed by atoms with Gasteiger partial charge in [0.2, 0.25) is 5.91 Å². The Bertz CT molecular complexity index is 1020. The molecule has 4 N–H and O–H groups in total. The molecule has 3 rings (SSSR count). The van der Waals surface area contributed by atoms with Crippen LogP contribution in [-0.2, 0) is 21.2 Å². The van der Waals surface area contributed by atoms with Gasteiger partial charge >= 0.3 is 0 Å². The smallest absolute Gasteiger partial charge is 0.261 e. The first-order valence-electron chi connectivity index (χ1n) is 8.23. The first-order valence-corrected chi connectivity index (χ1v) is 9.72. The van der Waals surface area contributed by atoms with Crippen molar-refractivity contribution in [3.8, 4) is 5.75 Å². The number of amides is 2. The summed E-state index contributed by atoms with van der Waals surface area (Å²) in [6, 6.07) is 8.81. The van der Waals surface area contributed by atoms with Crippen LogP contribution in [0.4, 0.5) is 11.4 Å². The number of hydrogen-bond acceptors (Lipinski definition) is 5. The highest BCUT2D eigenvalue weighted by molar-refractivity contribution is 7.92. The Hall–Kier alpha value is -3.07. The molecule has 0 spiro atoms. The van der Waals surface area contributed by atoms with Gasteiger partial charge in [-0.15, -0.1) is 0 Å². The fraction of sp³-hybridized carbons (Fsp3) is 0.222. The molecule has 1 aliphatic heterocycles. The van der Waals surface area contributed by atoms with E-state index in [1.165, 1.54) is 25.3 Å². The number of primary amides is 1. The van der Waals surface area contributed by atoms with Crippen molar-refractivity contribution in [1.29, 1.82) is 0 Å². The summed E-state index contributed by atoms with van der Waals surface area (Å²) in [6.07, 6.45) is 1.78. The van der Waals surface area contributed by atoms with Crippen LogP contribution in [0.5, 0.6) is 5.75 Å². The number of carbonyl (C=O) groups is 2. The van der Waals surface area contributed by atoms with Crippen LogP contribution in [0, 0.1) is 0 Å². The van der Waals surface area contributed by atoms with Gasteiger partial charge < -0.3 is 15.8 Å². The van der Waals surface area contributed by atoms with E-state index in [2.05, 4.69) is 10.0 Å². The van der Waals surface area contributed by atoms with Gasteiger partial charge in [0.1, 0.15) is 5.75 Å². The van der Waals surface area contributed by atoms with E-state index in [1.54, 1.807) is 18.2 Å². The molecular formula is C18H19N3O5S. The van der Waals surface area contributed by atoms with Gasteiger partial charge in [0.15, 0.2) is 0 Å². The van der Waals surface area contributed by atoms with E-state index < -0.39 is 15.9 Å². The quantitative estimate of drug-likeness (QED) is 0.719. The molecule has 2 aromatic carbocycles. The molecule has 1 heterocycles. The number of hydrogen-bond donors (Lipinski definition) is 3. The first kappa shape index (κ1) is 18.7. The lowest BCUT2D eigenvalue weighted by Crippen LogP contribution is -2.17. The highest BCUT2D eigenvalue weighted by Crippen LogP contribution is 2.28. The van der Waals surface area contributed by atoms with Gasteiger partial charge in [-0.1, -0.05) is 0 Å². The number of sulfonamides is 1. The second-order valence-corrected chi connectivity index (χ2v) is 7.79. The number of fused-ring (bicyclic) bond motifs is 1. The third-order valence-corrected chi connectivity index (χ3v) is 5.61. The van der Waals surface area contributed by atoms with Crippen molar-refractivity contribution in [2.75, 3.05) is 17.1 Å². The maximum absolute atomic E-state index is 12.7. The fourth-order valence-electron chi connectivity index (χ4n) is 2.90. The molecule has 2 aromatic rings. The average Bonchev–Trinajstić information content (AvgIpc) is 2.81. The molecule has 0 aromatic heterocycles. The number of anilines is 2. The van der Waals surface area contributed by atoms with Crippen LogP contribution in [0.2, 0.25) is 0 Å². The molecule has 0 atom stereocenters. The molecule has 2 amide bonds. The van der Waals surface area contributed by atoms with Crippen molar-refractivity contribution < 1.29 is 22.7 Å². The highest BCUT2D eigenvalue weighted by Gasteiger charge is 2.20. The maximum Gasteiger partial charge on any atom is 0.261 e. The highest BCUT2D eigenvalue weighted by atomic mass is 32.2. The van der Waals surface area contributed by atoms with Crippen molar-refractivity contribution in [3.63, 3.8) is 0 Å². The van der Waals surface area contributed by atoms with Gasteiger partial charge in [0, 0.05) is 17.8 Å². The Labute approximate surface area is 156 Å². The summed E-state index contributed by atoms with van der Waals surface area (Å²) < 4.78 is 32.9. The minimum atomic E-state index is -3.94. The summed E-state index contributed by atoms with van der Waals surface area (Å²) in [5.74, 6) is -0.647. The molecule has 0 radical (unpaired) electrons. The Morgan fingerprint density at radius 1 is 1.19 bits per heavy atom. The van der Waals surface area contributed by atoms with E-state index >= 15 is 0 Å². The van der Waals surface area contributed by atoms with E-state index in [0.717, 1.165) is 5.56 Å². The van der Waals surface area contributed by atoms with Crippen molar-refractivity contribution in [1.82, 2.24) is 0 Å². The number of benzene rings is 2. The lowest BCUT2D eigenvalue weighted by atomic mass is 10.1. The molecule has 0 bridgehead atoms. The zero-order valence-corrected chi connectivity index (χ0v) is 15.4. The number of aryl methyl sites for hydroxylation is 1. The number of ether oxygens (including phenoxy) is 1. The summed E-state index contributed by atoms with van der Waals surface area (Å²) in [4.78, 5) is 23.0. The largest absolute Gasteiger partial charge is 0.496 e. The van der Waals surface area contributed by atoms with Crippen LogP contribution in [0.3, 0.4) is 0 Å². The van der Waals surface area contributed by atoms with Crippen molar-refractivity contribution in [3.05, 3.63) is 47.5 Å². The lowest BCUT2D eigenvalue weighted by molar-refractivity contribution is -0.116. The van der Waals surface area contributed by atoms with Crippen LogP contribution in [-0.4, -0.2) is 27.3 Å². The normalized spacial score (nSPS) is 13.9. The van der Waals surface area contributed by atoms with E-state index in [0.29, 0.717) is 30.6 Å². The van der Waals surface area contributed by atoms with Crippen LogP contribution < -0.4 is 20.5 Å². The second kappa shape index (κ2) is 7.28. The fourth-order valence-corrected chi connectivity index (χ4v) is 3.97. The predicted octanol–water partition coefficient (Wildman–Crippen LogP) is 1.87. The number of nitrogens with two attached hydrogens (primary N) is 1. The number of carbonyl (C=O) groups excluding carboxylic acids is 2. The van der Waals surface area contributed by atoms with Crippen molar-refractivity contribution in [2.24, 2.45) is 5.73 Å². The molecule has 27 heavy (non-hydrogen) atoms. The molecule has 9 heteroatoms. The minimum absolute atomic E-state index is 0.0231. The topological polar surface area (TPSA) is 128 Å². The maximum atomic E-state index is 12.7. The monoisotopic (exact) mass is 389 g/mol. The summed E-state index contributed by atoms with van der Waals surface area (Å²) in [5.41, 5.74) is 7.16. The van der Waals surface area contributed by atoms with Crippen LogP contribution in [0.1, 0.15) is 28.8 Å². The van der Waals surface area contributed by atoms with Crippen LogP contribution in [0.15, 0.2) is 41.3 Å². The SMILES string of the molecule is COc1ccc(S(=O)(=O)Nc2ccc3c(c2)CCCC(=O)N3)cc1C(N)=O. The molecule has 142 valence electrons. The van der Waals surface area contributed by atoms with Gasteiger partial charge in [0.25, 0.3) is 15.9 Å². The molecule has 0 aliphatic carbocycles. The average molecular weight is 389 g/mol. The Morgan fingerprint density at radius 2 is 1.96 bits per heavy atom. The third-order valence-electron chi connectivity index (χ3n) is 4.23. The first-order chi connectivity index (χ1) is 12.8. The third kappa shape index (κ3) is 4.03. The van der Waals surface area contributed by atoms with E-state index in [4.69, 9.17) is 10.5 Å². The molecular weight excluding hydrogens is 370 g/mol. The minimum Gasteiger partial charge on any atom is -0.496 e. The van der Waals surface area contributed by atoms with Gasteiger partial charge in [-0.25, -0.2) is 8.42 Å². The molecule has 0 fully saturated rings. The summed E-state index contributed by atoms with van der Waals surface area (Å²) in [7, 11) is -2.58. The summed E-state index contributed by atoms with van der Waals surface area (Å²) in [5, 5.41) is 2.80. The van der Waals surface area contributed by atoms with Gasteiger partial charge in [0.05, 0.1) is 17.6 Å². The van der Waals surface area contributed by atoms with E-state index in [-0.39, 0.29) is 22.1 Å². The van der Waals surface area contributed by atoms with Crippen molar-refractivity contribution in [2.45, 2.75) is 24.2 Å². The van der Waals surface area contributed by atoms with Gasteiger partial charge in [-0.3, -0.25) is 14.3 Å². The number of rotatable bonds is 5. The van der Waals surface area contributed by atoms with Gasteiger partial charge in [-0.2, -0.15) is 0 Å². The Kier molecular flexibility index (Phi) is 5.04. The van der Waals surface area contributed by atoms with Crippen molar-refractivity contribution >= 4 is 33.2 Å². The molecule has 8 nitrogen and oxygen atoms in total. The molecule has 0 saturated carbocycles. The summed E-state index contributed by atoms with van der Waals surface area (Å²) >= 11 is 0. The standard InChI is InChI=1S/C18H19N3O5S/c1-26-16-8-6-13(10-14(16)18(19)23)27(24,25)21-12-5-7-15-11(9-12)3-2-4-17(22)20-15/h5-10,21H,2-4H2,1H3,(H2,19,23)(H,20,22). The predicted molar refractivity (Wildman–Crippen MR) is 100 cm³/mol. The number of methoxy groups -OCH3 is 1. The molecule has 0 unspecified atom stereocenters. The van der Waals surface area contributed by atoms with E-state index in [9.17, 15) is 18.0 Å². The Balaban J connectivity index is 1.91. The van der Waals surface area contributed by atoms with E-state index in [1.807, 2.05) is 0 Å². The molecule has 0 saturated heterocycles. The number of nitrogens with one attached hydrogen (secondary N) is 2. The summed E-state index contributed by atoms with van der Waals surface area (Å²) in [6.45, 7) is 0. The lowest BCUT2D eigenvalue weighted by Gasteiger charge is -2.13. The second-order valence-electron chi connectivity index (χ2n) is 6.11. The zero-order valence-electron chi connectivity index (χ0n) is 14.6. The Morgan fingerprint density at radius 3 is 2.67 bits per heavy atom. The van der Waals surface area contributed by atoms with Gasteiger partial charge in [-0.05, 0) is 54.8 Å². The zero-order chi connectivity index (χ0) is 19.6. The van der Waals surface area contributed by atoms with Crippen LogP contribution in [0.25, 0.3) is 0 Å². The van der Waals surface area contributed by atoms with Crippen LogP contribution >= 0.6 is 0 Å². The molecule has 1 aliphatic rings.